The number of amides is 1. The topological polar surface area (TPSA) is 56.2 Å². The summed E-state index contributed by atoms with van der Waals surface area (Å²) in [5, 5.41) is 7.16. The van der Waals surface area contributed by atoms with Crippen molar-refractivity contribution in [3.63, 3.8) is 0 Å². The summed E-state index contributed by atoms with van der Waals surface area (Å²) in [6.45, 7) is 0. The largest absolute Gasteiger partial charge is 0.436 e. The highest BCUT2D eigenvalue weighted by Gasteiger charge is 2.21. The fourth-order valence-corrected chi connectivity index (χ4v) is 2.73. The smallest absolute Gasteiger partial charge is 0.221 e. The van der Waals surface area contributed by atoms with Gasteiger partial charge in [-0.3, -0.25) is 4.79 Å². The molecule has 0 aliphatic heterocycles. The van der Waals surface area contributed by atoms with Gasteiger partial charge in [0.1, 0.15) is 0 Å². The van der Waals surface area contributed by atoms with Gasteiger partial charge < -0.3 is 10.1 Å². The molecule has 1 N–H and O–H groups in total. The number of nitrogens with one attached hydrogen (secondary N) is 1. The van der Waals surface area contributed by atoms with Crippen LogP contribution in [0.2, 0.25) is 0 Å². The molecular formula is C20H20FN3O2. The Balaban J connectivity index is 2.03. The number of aryl methyl sites for hydroxylation is 1. The molecule has 0 aliphatic carbocycles. The van der Waals surface area contributed by atoms with Gasteiger partial charge in [0, 0.05) is 31.6 Å². The maximum Gasteiger partial charge on any atom is 0.221 e. The molecule has 1 heterocycles. The highest BCUT2D eigenvalue weighted by Crippen LogP contribution is 2.34. The number of carbonyl (C=O) groups excluding carboxylic acids is 1. The number of benzene rings is 2. The summed E-state index contributed by atoms with van der Waals surface area (Å²) in [5.74, 6) is 0.0195. The Hall–Kier alpha value is -3.15. The van der Waals surface area contributed by atoms with Crippen LogP contribution in [-0.4, -0.2) is 22.7 Å². The number of halogens is 1. The van der Waals surface area contributed by atoms with E-state index in [1.807, 2.05) is 30.3 Å². The minimum absolute atomic E-state index is 0.0790. The zero-order valence-electron chi connectivity index (χ0n) is 14.7. The van der Waals surface area contributed by atoms with Crippen LogP contribution in [0.3, 0.4) is 0 Å². The van der Waals surface area contributed by atoms with E-state index in [0.29, 0.717) is 12.3 Å². The predicted octanol–water partition coefficient (Wildman–Crippen LogP) is 3.70. The average molecular weight is 353 g/mol. The lowest BCUT2D eigenvalue weighted by molar-refractivity contribution is -0.120. The second-order valence-corrected chi connectivity index (χ2v) is 5.83. The van der Waals surface area contributed by atoms with Crippen molar-refractivity contribution in [2.45, 2.75) is 12.8 Å². The summed E-state index contributed by atoms with van der Waals surface area (Å²) < 4.78 is 21.4. The second kappa shape index (κ2) is 7.82. The van der Waals surface area contributed by atoms with Crippen molar-refractivity contribution < 1.29 is 13.9 Å². The van der Waals surface area contributed by atoms with Crippen LogP contribution in [0.5, 0.6) is 11.6 Å². The molecule has 0 radical (unpaired) electrons. The molecule has 0 spiro atoms. The van der Waals surface area contributed by atoms with Crippen LogP contribution < -0.4 is 10.1 Å². The van der Waals surface area contributed by atoms with Crippen molar-refractivity contribution in [2.75, 3.05) is 7.05 Å². The van der Waals surface area contributed by atoms with Gasteiger partial charge in [0.25, 0.3) is 0 Å². The quantitative estimate of drug-likeness (QED) is 0.735. The molecule has 0 fully saturated rings. The molecule has 3 aromatic rings. The lowest BCUT2D eigenvalue weighted by atomic mass is 10.0. The van der Waals surface area contributed by atoms with Crippen LogP contribution in [0.25, 0.3) is 11.3 Å². The first-order valence-electron chi connectivity index (χ1n) is 8.34. The van der Waals surface area contributed by atoms with Crippen molar-refractivity contribution in [1.29, 1.82) is 0 Å². The summed E-state index contributed by atoms with van der Waals surface area (Å²) >= 11 is 0. The fourth-order valence-electron chi connectivity index (χ4n) is 2.73. The minimum atomic E-state index is -0.452. The van der Waals surface area contributed by atoms with Crippen LogP contribution in [-0.2, 0) is 18.3 Å². The minimum Gasteiger partial charge on any atom is -0.436 e. The van der Waals surface area contributed by atoms with Crippen molar-refractivity contribution >= 4 is 5.91 Å². The molecule has 1 aromatic heterocycles. The van der Waals surface area contributed by atoms with Gasteiger partial charge in [-0.05, 0) is 18.6 Å². The zero-order chi connectivity index (χ0) is 18.5. The first-order valence-corrected chi connectivity index (χ1v) is 8.34. The molecule has 6 heteroatoms. The molecular weight excluding hydrogens is 333 g/mol. The fraction of sp³-hybridized carbons (Fsp3) is 0.200. The van der Waals surface area contributed by atoms with Crippen LogP contribution in [0.4, 0.5) is 4.39 Å². The number of carbonyl (C=O) groups is 1. The predicted molar refractivity (Wildman–Crippen MR) is 97.5 cm³/mol. The number of ether oxygens (including phenoxy) is 1. The molecule has 5 nitrogen and oxygen atoms in total. The van der Waals surface area contributed by atoms with E-state index in [4.69, 9.17) is 4.74 Å². The molecule has 0 saturated heterocycles. The van der Waals surface area contributed by atoms with Gasteiger partial charge in [-0.15, -0.1) is 0 Å². The molecule has 1 amide bonds. The lowest BCUT2D eigenvalue weighted by Gasteiger charge is -2.10. The molecule has 0 bridgehead atoms. The Labute approximate surface area is 151 Å². The van der Waals surface area contributed by atoms with Gasteiger partial charge in [-0.2, -0.15) is 5.10 Å². The summed E-state index contributed by atoms with van der Waals surface area (Å²) in [7, 11) is 3.34. The van der Waals surface area contributed by atoms with Crippen molar-refractivity contribution in [3.05, 3.63) is 66.0 Å². The van der Waals surface area contributed by atoms with E-state index in [2.05, 4.69) is 10.4 Å². The van der Waals surface area contributed by atoms with Gasteiger partial charge in [0.15, 0.2) is 11.6 Å². The normalized spacial score (nSPS) is 10.6. The molecule has 2 aromatic carbocycles. The number of hydrogen-bond donors (Lipinski definition) is 1. The van der Waals surface area contributed by atoms with Gasteiger partial charge in [-0.25, -0.2) is 9.07 Å². The third-order valence-electron chi connectivity index (χ3n) is 4.06. The summed E-state index contributed by atoms with van der Waals surface area (Å²) in [6.07, 6.45) is 0.719. The maximum atomic E-state index is 14.0. The molecule has 0 saturated carbocycles. The number of nitrogens with zero attached hydrogens (tertiary/aromatic N) is 2. The summed E-state index contributed by atoms with van der Waals surface area (Å²) in [4.78, 5) is 11.7. The Bertz CT molecular complexity index is 907. The number of aromatic nitrogens is 2. The van der Waals surface area contributed by atoms with Crippen LogP contribution >= 0.6 is 0 Å². The monoisotopic (exact) mass is 353 g/mol. The highest BCUT2D eigenvalue weighted by atomic mass is 19.1. The Morgan fingerprint density at radius 3 is 2.54 bits per heavy atom. The van der Waals surface area contributed by atoms with Gasteiger partial charge >= 0.3 is 0 Å². The summed E-state index contributed by atoms with van der Waals surface area (Å²) in [6, 6.07) is 15.9. The van der Waals surface area contributed by atoms with E-state index in [1.54, 1.807) is 37.0 Å². The van der Waals surface area contributed by atoms with E-state index in [0.717, 1.165) is 16.8 Å². The van der Waals surface area contributed by atoms with Crippen LogP contribution in [0.1, 0.15) is 12.0 Å². The summed E-state index contributed by atoms with van der Waals surface area (Å²) in [5.41, 5.74) is 2.41. The van der Waals surface area contributed by atoms with E-state index in [-0.39, 0.29) is 18.1 Å². The van der Waals surface area contributed by atoms with Crippen molar-refractivity contribution in [1.82, 2.24) is 15.1 Å². The second-order valence-electron chi connectivity index (χ2n) is 5.83. The van der Waals surface area contributed by atoms with E-state index >= 15 is 0 Å². The van der Waals surface area contributed by atoms with Gasteiger partial charge in [0.05, 0.1) is 5.69 Å². The molecule has 0 unspecified atom stereocenters. The van der Waals surface area contributed by atoms with E-state index < -0.39 is 5.82 Å². The van der Waals surface area contributed by atoms with Crippen LogP contribution in [0.15, 0.2) is 54.6 Å². The highest BCUT2D eigenvalue weighted by molar-refractivity contribution is 5.76. The third kappa shape index (κ3) is 3.74. The number of rotatable bonds is 6. The SMILES string of the molecule is CNC(=O)CCc1c(-c2ccccc2)nn(C)c1Oc1ccccc1F. The Kier molecular flexibility index (Phi) is 5.31. The zero-order valence-corrected chi connectivity index (χ0v) is 14.7. The van der Waals surface area contributed by atoms with Gasteiger partial charge in [0.2, 0.25) is 11.8 Å². The standard InChI is InChI=1S/C20H20FN3O2/c1-22-18(25)13-12-15-19(14-8-4-3-5-9-14)23-24(2)20(15)26-17-11-7-6-10-16(17)21/h3-11H,12-13H2,1-2H3,(H,22,25). The van der Waals surface area contributed by atoms with Crippen molar-refractivity contribution in [3.8, 4) is 22.9 Å². The Morgan fingerprint density at radius 1 is 1.15 bits per heavy atom. The van der Waals surface area contributed by atoms with E-state index in [9.17, 15) is 9.18 Å². The number of hydrogen-bond acceptors (Lipinski definition) is 3. The third-order valence-corrected chi connectivity index (χ3v) is 4.06. The van der Waals surface area contributed by atoms with Crippen molar-refractivity contribution in [2.24, 2.45) is 7.05 Å². The molecule has 3 rings (SSSR count). The lowest BCUT2D eigenvalue weighted by Crippen LogP contribution is -2.18. The molecule has 0 aliphatic rings. The maximum absolute atomic E-state index is 14.0. The number of para-hydroxylation sites is 1. The van der Waals surface area contributed by atoms with Gasteiger partial charge in [-0.1, -0.05) is 42.5 Å². The van der Waals surface area contributed by atoms with Crippen LogP contribution in [0, 0.1) is 5.82 Å². The molecule has 134 valence electrons. The molecule has 0 atom stereocenters. The average Bonchev–Trinajstić information content (AvgIpc) is 2.98. The Morgan fingerprint density at radius 2 is 1.85 bits per heavy atom. The molecule has 26 heavy (non-hydrogen) atoms. The first-order chi connectivity index (χ1) is 12.6. The van der Waals surface area contributed by atoms with E-state index in [1.165, 1.54) is 6.07 Å². The first kappa shape index (κ1) is 17.7.